The van der Waals surface area contributed by atoms with Crippen LogP contribution in [0.15, 0.2) is 46.2 Å². The molecule has 0 unspecified atom stereocenters. The summed E-state index contributed by atoms with van der Waals surface area (Å²) in [6, 6.07) is 3.95. The normalized spacial score (nSPS) is 15.8. The van der Waals surface area contributed by atoms with E-state index in [1.54, 1.807) is 27.0 Å². The largest absolute Gasteiger partial charge is 0.417 e. The first-order chi connectivity index (χ1) is 18.8. The van der Waals surface area contributed by atoms with Gasteiger partial charge in [0.25, 0.3) is 17.4 Å². The molecule has 10 nitrogen and oxygen atoms in total. The van der Waals surface area contributed by atoms with Crippen molar-refractivity contribution >= 4 is 33.7 Å². The van der Waals surface area contributed by atoms with E-state index in [2.05, 4.69) is 43.2 Å². The lowest BCUT2D eigenvalue weighted by Gasteiger charge is -2.34. The second-order valence-electron chi connectivity index (χ2n) is 9.44. The smallest absolute Gasteiger partial charge is 0.354 e. The van der Waals surface area contributed by atoms with E-state index in [4.69, 9.17) is 0 Å². The Hall–Kier alpha value is -3.94. The predicted molar refractivity (Wildman–Crippen MR) is 145 cm³/mol. The molecule has 40 heavy (non-hydrogen) atoms. The summed E-state index contributed by atoms with van der Waals surface area (Å²) in [5, 5.41) is 9.95. The molecule has 3 heterocycles. The van der Waals surface area contributed by atoms with Crippen molar-refractivity contribution in [3.8, 4) is 5.82 Å². The molecule has 0 spiro atoms. The number of aryl methyl sites for hydroxylation is 1. The van der Waals surface area contributed by atoms with Crippen molar-refractivity contribution in [3.63, 3.8) is 0 Å². The van der Waals surface area contributed by atoms with Crippen molar-refractivity contribution < 1.29 is 22.8 Å². The molecule has 0 bridgehead atoms. The standard InChI is InChI=1S/C26H27BrF3N7O3/c1-6-13(2)32-25-33-19-12-36(23(39)15-7-8-18(27)17(10-15)26(28,29)30)14(3)9-16(19)24(40)37(25)21-11-20(22(38)31-4)35(5)34-21/h6-8,10-11,13-14H,1,9,12H2,2-5H3,(H,31,38)(H,32,33)/t13-,14+/m0/s1. The average molecular weight is 622 g/mol. The molecule has 2 amide bonds. The summed E-state index contributed by atoms with van der Waals surface area (Å²) in [5.41, 5.74) is -0.654. The van der Waals surface area contributed by atoms with E-state index >= 15 is 0 Å². The zero-order valence-electron chi connectivity index (χ0n) is 22.1. The third-order valence-corrected chi connectivity index (χ3v) is 7.35. The number of halogens is 4. The molecule has 2 aromatic heterocycles. The molecule has 0 radical (unpaired) electrons. The second kappa shape index (κ2) is 10.9. The molecule has 0 saturated heterocycles. The minimum atomic E-state index is -4.65. The Morgan fingerprint density at radius 2 is 1.98 bits per heavy atom. The van der Waals surface area contributed by atoms with Crippen LogP contribution in [-0.4, -0.2) is 55.2 Å². The van der Waals surface area contributed by atoms with E-state index in [-0.39, 0.29) is 46.5 Å². The van der Waals surface area contributed by atoms with Crippen LogP contribution in [0.5, 0.6) is 0 Å². The van der Waals surface area contributed by atoms with Gasteiger partial charge in [-0.15, -0.1) is 6.58 Å². The van der Waals surface area contributed by atoms with Gasteiger partial charge in [0, 0.05) is 47.8 Å². The number of nitrogens with zero attached hydrogens (tertiary/aromatic N) is 5. The highest BCUT2D eigenvalue weighted by molar-refractivity contribution is 9.10. The summed E-state index contributed by atoms with van der Waals surface area (Å²) >= 11 is 2.90. The number of benzene rings is 1. The summed E-state index contributed by atoms with van der Waals surface area (Å²) in [6.45, 7) is 7.16. The van der Waals surface area contributed by atoms with Crippen LogP contribution in [0.25, 0.3) is 5.82 Å². The highest BCUT2D eigenvalue weighted by Gasteiger charge is 2.36. The minimum Gasteiger partial charge on any atom is -0.354 e. The van der Waals surface area contributed by atoms with Gasteiger partial charge in [-0.1, -0.05) is 22.0 Å². The van der Waals surface area contributed by atoms with Gasteiger partial charge in [0.1, 0.15) is 5.69 Å². The summed E-state index contributed by atoms with van der Waals surface area (Å²) in [7, 11) is 3.05. The van der Waals surface area contributed by atoms with Gasteiger partial charge in [0.2, 0.25) is 5.95 Å². The fourth-order valence-corrected chi connectivity index (χ4v) is 4.92. The molecule has 0 saturated carbocycles. The molecule has 212 valence electrons. The Bertz CT molecular complexity index is 1560. The summed E-state index contributed by atoms with van der Waals surface area (Å²) in [4.78, 5) is 45.5. The molecule has 1 aromatic carbocycles. The minimum absolute atomic E-state index is 0.0916. The second-order valence-corrected chi connectivity index (χ2v) is 10.3. The zero-order chi connectivity index (χ0) is 29.5. The van der Waals surface area contributed by atoms with Crippen molar-refractivity contribution in [2.24, 2.45) is 7.05 Å². The van der Waals surface area contributed by atoms with E-state index in [1.165, 1.54) is 39.4 Å². The summed E-state index contributed by atoms with van der Waals surface area (Å²) in [6.07, 6.45) is -2.93. The van der Waals surface area contributed by atoms with Crippen molar-refractivity contribution in [2.75, 3.05) is 12.4 Å². The number of fused-ring (bicyclic) bond motifs is 1. The maximum absolute atomic E-state index is 13.8. The fourth-order valence-electron chi connectivity index (χ4n) is 4.45. The number of alkyl halides is 3. The Morgan fingerprint density at radius 1 is 1.27 bits per heavy atom. The third-order valence-electron chi connectivity index (χ3n) is 6.66. The van der Waals surface area contributed by atoms with Gasteiger partial charge in [0.15, 0.2) is 5.82 Å². The number of carbonyl (C=O) groups is 2. The quantitative estimate of drug-likeness (QED) is 0.406. The van der Waals surface area contributed by atoms with Crippen LogP contribution < -0.4 is 16.2 Å². The van der Waals surface area contributed by atoms with E-state index in [9.17, 15) is 27.6 Å². The molecule has 14 heteroatoms. The van der Waals surface area contributed by atoms with Crippen LogP contribution >= 0.6 is 15.9 Å². The number of hydrogen-bond donors (Lipinski definition) is 2. The molecule has 1 aliphatic heterocycles. The van der Waals surface area contributed by atoms with Crippen molar-refractivity contribution in [2.45, 2.75) is 45.1 Å². The number of aromatic nitrogens is 4. The lowest BCUT2D eigenvalue weighted by Crippen LogP contribution is -2.46. The van der Waals surface area contributed by atoms with E-state index < -0.39 is 35.2 Å². The Labute approximate surface area is 236 Å². The SMILES string of the molecule is C=C[C@H](C)Nc1nc2c(c(=O)n1-c1cc(C(=O)NC)n(C)n1)C[C@@H](C)N(C(=O)c1ccc(Br)c(C(F)(F)F)c1)C2. The van der Waals surface area contributed by atoms with Gasteiger partial charge in [-0.3, -0.25) is 19.1 Å². The van der Waals surface area contributed by atoms with Crippen LogP contribution in [0.3, 0.4) is 0 Å². The van der Waals surface area contributed by atoms with Gasteiger partial charge in [0.05, 0.1) is 17.8 Å². The first-order valence-corrected chi connectivity index (χ1v) is 13.0. The molecule has 0 fully saturated rings. The van der Waals surface area contributed by atoms with Crippen molar-refractivity contribution in [3.05, 3.63) is 79.8 Å². The molecular formula is C26H27BrF3N7O3. The maximum atomic E-state index is 13.8. The molecular weight excluding hydrogens is 595 g/mol. The average Bonchev–Trinajstić information content (AvgIpc) is 3.28. The zero-order valence-corrected chi connectivity index (χ0v) is 23.7. The topological polar surface area (TPSA) is 114 Å². The van der Waals surface area contributed by atoms with Crippen molar-refractivity contribution in [1.29, 1.82) is 0 Å². The highest BCUT2D eigenvalue weighted by atomic mass is 79.9. The molecule has 2 N–H and O–H groups in total. The van der Waals surface area contributed by atoms with Crippen LogP contribution in [0.2, 0.25) is 0 Å². The van der Waals surface area contributed by atoms with E-state index in [0.29, 0.717) is 11.3 Å². The predicted octanol–water partition coefficient (Wildman–Crippen LogP) is 3.68. The molecule has 0 aliphatic carbocycles. The number of amides is 2. The Balaban J connectivity index is 1.79. The van der Waals surface area contributed by atoms with Gasteiger partial charge < -0.3 is 15.5 Å². The first-order valence-electron chi connectivity index (χ1n) is 12.2. The van der Waals surface area contributed by atoms with Gasteiger partial charge in [-0.25, -0.2) is 9.55 Å². The van der Waals surface area contributed by atoms with E-state index in [1.807, 2.05) is 0 Å². The van der Waals surface area contributed by atoms with Crippen LogP contribution in [0.1, 0.15) is 51.5 Å². The van der Waals surface area contributed by atoms with Gasteiger partial charge in [-0.05, 0) is 38.5 Å². The molecule has 2 atom stereocenters. The van der Waals surface area contributed by atoms with Crippen LogP contribution in [-0.2, 0) is 26.2 Å². The monoisotopic (exact) mass is 621 g/mol. The lowest BCUT2D eigenvalue weighted by atomic mass is 9.98. The van der Waals surface area contributed by atoms with E-state index in [0.717, 1.165) is 6.07 Å². The number of rotatable bonds is 6. The fraction of sp³-hybridized carbons (Fsp3) is 0.346. The van der Waals surface area contributed by atoms with Gasteiger partial charge >= 0.3 is 6.18 Å². The number of hydrogen-bond acceptors (Lipinski definition) is 6. The Morgan fingerprint density at radius 3 is 2.60 bits per heavy atom. The molecule has 4 rings (SSSR count). The maximum Gasteiger partial charge on any atom is 0.417 e. The Kier molecular flexibility index (Phi) is 7.92. The summed E-state index contributed by atoms with van der Waals surface area (Å²) in [5.74, 6) is -0.724. The van der Waals surface area contributed by atoms with Crippen LogP contribution in [0, 0.1) is 0 Å². The summed E-state index contributed by atoms with van der Waals surface area (Å²) < 4.78 is 42.8. The van der Waals surface area contributed by atoms with Gasteiger partial charge in [-0.2, -0.15) is 18.3 Å². The molecule has 1 aliphatic rings. The lowest BCUT2D eigenvalue weighted by molar-refractivity contribution is -0.138. The van der Waals surface area contributed by atoms with Crippen molar-refractivity contribution in [1.82, 2.24) is 29.5 Å². The first kappa shape index (κ1) is 29.1. The molecule has 3 aromatic rings. The third kappa shape index (κ3) is 5.40. The number of anilines is 1. The number of nitrogens with one attached hydrogen (secondary N) is 2. The highest BCUT2D eigenvalue weighted by Crippen LogP contribution is 2.36. The van der Waals surface area contributed by atoms with Crippen LogP contribution in [0.4, 0.5) is 19.1 Å². The number of carbonyl (C=O) groups excluding carboxylic acids is 2.